The van der Waals surface area contributed by atoms with E-state index in [0.29, 0.717) is 5.95 Å². The Kier molecular flexibility index (Phi) is 5.52. The second-order valence-corrected chi connectivity index (χ2v) is 7.71. The SMILES string of the molecule is CC[C@H]1CCCCN1c1nc2c(c(=O)[nH]1)[C@H](C(=O)Nc1cccc(F)c1)CC(=O)N2. The van der Waals surface area contributed by atoms with Crippen LogP contribution in [0.4, 0.5) is 21.8 Å². The number of carbonyl (C=O) groups excluding carboxylic acids is 2. The van der Waals surface area contributed by atoms with Crippen LogP contribution in [0.15, 0.2) is 29.1 Å². The standard InChI is InChI=1S/C21H24FN5O3/c1-2-14-8-3-4-9-27(14)21-25-18-17(20(30)26-21)15(11-16(28)24-18)19(29)23-13-7-5-6-12(22)10-13/h5-7,10,14-15H,2-4,8-9,11H2,1H3,(H,23,29)(H2,24,25,26,28,30)/t14-,15+/m0/s1. The third-order valence-electron chi connectivity index (χ3n) is 5.72. The fourth-order valence-electron chi connectivity index (χ4n) is 4.22. The molecular weight excluding hydrogens is 389 g/mol. The largest absolute Gasteiger partial charge is 0.339 e. The van der Waals surface area contributed by atoms with Gasteiger partial charge in [0.05, 0.1) is 11.5 Å². The van der Waals surface area contributed by atoms with Crippen molar-refractivity contribution in [3.05, 3.63) is 46.0 Å². The molecule has 2 aliphatic heterocycles. The molecule has 0 radical (unpaired) electrons. The quantitative estimate of drug-likeness (QED) is 0.715. The minimum absolute atomic E-state index is 0.116. The zero-order valence-corrected chi connectivity index (χ0v) is 16.7. The van der Waals surface area contributed by atoms with Crippen molar-refractivity contribution >= 4 is 29.3 Å². The van der Waals surface area contributed by atoms with Crippen LogP contribution in [-0.2, 0) is 9.59 Å². The molecule has 2 aliphatic rings. The Hall–Kier alpha value is -3.23. The van der Waals surface area contributed by atoms with Crippen LogP contribution in [0.25, 0.3) is 0 Å². The summed E-state index contributed by atoms with van der Waals surface area (Å²) in [6.07, 6.45) is 3.89. The molecule has 4 rings (SSSR count). The summed E-state index contributed by atoms with van der Waals surface area (Å²) in [4.78, 5) is 47.4. The van der Waals surface area contributed by atoms with Gasteiger partial charge in [-0.2, -0.15) is 4.98 Å². The Labute approximate surface area is 172 Å². The van der Waals surface area contributed by atoms with Crippen LogP contribution >= 0.6 is 0 Å². The van der Waals surface area contributed by atoms with Gasteiger partial charge < -0.3 is 15.5 Å². The molecule has 3 N–H and O–H groups in total. The van der Waals surface area contributed by atoms with Gasteiger partial charge in [0.2, 0.25) is 17.8 Å². The monoisotopic (exact) mass is 413 g/mol. The van der Waals surface area contributed by atoms with Crippen LogP contribution in [0.2, 0.25) is 0 Å². The van der Waals surface area contributed by atoms with E-state index >= 15 is 0 Å². The number of hydrogen-bond acceptors (Lipinski definition) is 5. The summed E-state index contributed by atoms with van der Waals surface area (Å²) in [5.74, 6) is -1.92. The van der Waals surface area contributed by atoms with Crippen molar-refractivity contribution in [1.82, 2.24) is 9.97 Å². The number of amides is 2. The predicted octanol–water partition coefficient (Wildman–Crippen LogP) is 2.74. The Bertz CT molecular complexity index is 1040. The number of halogens is 1. The first kappa shape index (κ1) is 20.1. The number of anilines is 3. The van der Waals surface area contributed by atoms with Gasteiger partial charge in [0.25, 0.3) is 5.56 Å². The first-order valence-electron chi connectivity index (χ1n) is 10.2. The molecule has 0 spiro atoms. The van der Waals surface area contributed by atoms with Gasteiger partial charge in [0.15, 0.2) is 0 Å². The lowest BCUT2D eigenvalue weighted by atomic mass is 9.92. The lowest BCUT2D eigenvalue weighted by molar-refractivity contribution is -0.123. The number of aromatic amines is 1. The summed E-state index contributed by atoms with van der Waals surface area (Å²) in [7, 11) is 0. The van der Waals surface area contributed by atoms with E-state index in [4.69, 9.17) is 0 Å². The number of rotatable bonds is 4. The molecule has 0 unspecified atom stereocenters. The fourth-order valence-corrected chi connectivity index (χ4v) is 4.22. The summed E-state index contributed by atoms with van der Waals surface area (Å²) in [6.45, 7) is 2.87. The molecule has 0 bridgehead atoms. The summed E-state index contributed by atoms with van der Waals surface area (Å²) >= 11 is 0. The molecule has 9 heteroatoms. The highest BCUT2D eigenvalue weighted by Gasteiger charge is 2.35. The number of nitrogens with one attached hydrogen (secondary N) is 3. The van der Waals surface area contributed by atoms with E-state index in [0.717, 1.165) is 32.2 Å². The molecule has 158 valence electrons. The van der Waals surface area contributed by atoms with Crippen molar-refractivity contribution in [3.63, 3.8) is 0 Å². The third-order valence-corrected chi connectivity index (χ3v) is 5.72. The first-order chi connectivity index (χ1) is 14.5. The van der Waals surface area contributed by atoms with E-state index in [1.54, 1.807) is 0 Å². The van der Waals surface area contributed by atoms with Crippen LogP contribution in [0, 0.1) is 5.82 Å². The average Bonchev–Trinajstić information content (AvgIpc) is 2.72. The van der Waals surface area contributed by atoms with Crippen LogP contribution in [0.5, 0.6) is 0 Å². The number of benzene rings is 1. The number of H-pyrrole nitrogens is 1. The number of nitrogens with zero attached hydrogens (tertiary/aromatic N) is 2. The van der Waals surface area contributed by atoms with Gasteiger partial charge in [-0.3, -0.25) is 19.4 Å². The zero-order chi connectivity index (χ0) is 21.3. The molecule has 30 heavy (non-hydrogen) atoms. The van der Waals surface area contributed by atoms with Crippen molar-refractivity contribution in [2.24, 2.45) is 0 Å². The molecule has 1 aromatic carbocycles. The predicted molar refractivity (Wildman–Crippen MR) is 111 cm³/mol. The fraction of sp³-hybridized carbons (Fsp3) is 0.429. The molecule has 0 aliphatic carbocycles. The number of piperidine rings is 1. The summed E-state index contributed by atoms with van der Waals surface area (Å²) < 4.78 is 13.4. The Balaban J connectivity index is 1.66. The molecule has 1 saturated heterocycles. The minimum Gasteiger partial charge on any atom is -0.339 e. The lowest BCUT2D eigenvalue weighted by Crippen LogP contribution is -2.43. The zero-order valence-electron chi connectivity index (χ0n) is 16.7. The third kappa shape index (κ3) is 3.92. The Morgan fingerprint density at radius 2 is 2.17 bits per heavy atom. The maximum Gasteiger partial charge on any atom is 0.258 e. The molecular formula is C21H24FN5O3. The molecule has 1 aromatic heterocycles. The molecule has 8 nitrogen and oxygen atoms in total. The van der Waals surface area contributed by atoms with Gasteiger partial charge in [-0.15, -0.1) is 0 Å². The van der Waals surface area contributed by atoms with Crippen molar-refractivity contribution in [1.29, 1.82) is 0 Å². The van der Waals surface area contributed by atoms with Crippen molar-refractivity contribution in [2.75, 3.05) is 22.1 Å². The maximum absolute atomic E-state index is 13.4. The van der Waals surface area contributed by atoms with Gasteiger partial charge >= 0.3 is 0 Å². The van der Waals surface area contributed by atoms with Gasteiger partial charge in [-0.1, -0.05) is 13.0 Å². The highest BCUT2D eigenvalue weighted by molar-refractivity contribution is 6.04. The first-order valence-corrected chi connectivity index (χ1v) is 10.2. The maximum atomic E-state index is 13.4. The number of aromatic nitrogens is 2. The van der Waals surface area contributed by atoms with Crippen LogP contribution in [0.1, 0.15) is 50.5 Å². The lowest BCUT2D eigenvalue weighted by Gasteiger charge is -2.36. The Morgan fingerprint density at radius 1 is 1.33 bits per heavy atom. The second-order valence-electron chi connectivity index (χ2n) is 7.71. The molecule has 2 aromatic rings. The van der Waals surface area contributed by atoms with E-state index in [2.05, 4.69) is 32.4 Å². The van der Waals surface area contributed by atoms with E-state index in [-0.39, 0.29) is 29.5 Å². The molecule has 2 atom stereocenters. The number of hydrogen-bond donors (Lipinski definition) is 3. The van der Waals surface area contributed by atoms with Gasteiger partial charge in [-0.05, 0) is 43.9 Å². The van der Waals surface area contributed by atoms with Gasteiger partial charge in [0.1, 0.15) is 11.6 Å². The molecule has 2 amide bonds. The smallest absolute Gasteiger partial charge is 0.258 e. The Morgan fingerprint density at radius 3 is 2.93 bits per heavy atom. The van der Waals surface area contributed by atoms with Crippen LogP contribution in [0.3, 0.4) is 0 Å². The minimum atomic E-state index is -1.01. The van der Waals surface area contributed by atoms with Gasteiger partial charge in [0, 0.05) is 24.7 Å². The normalized spacial score (nSPS) is 21.0. The summed E-state index contributed by atoms with van der Waals surface area (Å²) in [5, 5.41) is 5.22. The summed E-state index contributed by atoms with van der Waals surface area (Å²) in [6, 6.07) is 5.72. The molecule has 0 saturated carbocycles. The average molecular weight is 413 g/mol. The van der Waals surface area contributed by atoms with Gasteiger partial charge in [-0.25, -0.2) is 4.39 Å². The van der Waals surface area contributed by atoms with E-state index in [9.17, 15) is 18.8 Å². The van der Waals surface area contributed by atoms with Crippen LogP contribution < -0.4 is 21.1 Å². The summed E-state index contributed by atoms with van der Waals surface area (Å²) in [5.41, 5.74) is -0.0697. The van der Waals surface area contributed by atoms with E-state index < -0.39 is 29.1 Å². The molecule has 1 fully saturated rings. The topological polar surface area (TPSA) is 107 Å². The molecule has 3 heterocycles. The second kappa shape index (κ2) is 8.25. The van der Waals surface area contributed by atoms with Crippen molar-refractivity contribution in [3.8, 4) is 0 Å². The van der Waals surface area contributed by atoms with Crippen molar-refractivity contribution < 1.29 is 14.0 Å². The highest BCUT2D eigenvalue weighted by Crippen LogP contribution is 2.31. The number of carbonyl (C=O) groups is 2. The van der Waals surface area contributed by atoms with Crippen LogP contribution in [-0.4, -0.2) is 34.4 Å². The number of fused-ring (bicyclic) bond motifs is 1. The van der Waals surface area contributed by atoms with E-state index in [1.807, 2.05) is 0 Å². The van der Waals surface area contributed by atoms with E-state index in [1.165, 1.54) is 24.3 Å². The van der Waals surface area contributed by atoms with Crippen molar-refractivity contribution in [2.45, 2.75) is 51.0 Å². The highest BCUT2D eigenvalue weighted by atomic mass is 19.1.